The summed E-state index contributed by atoms with van der Waals surface area (Å²) in [6.45, 7) is 0.338. The number of fused-ring (bicyclic) bond motifs is 1. The number of hydrogen-bond acceptors (Lipinski definition) is 4. The minimum Gasteiger partial charge on any atom is -0.441 e. The van der Waals surface area contributed by atoms with Crippen LogP contribution in [-0.4, -0.2) is 32.8 Å². The number of nitrogens with zero attached hydrogens (tertiary/aromatic N) is 3. The summed E-state index contributed by atoms with van der Waals surface area (Å²) in [7, 11) is 1.69. The lowest BCUT2D eigenvalue weighted by atomic mass is 10.1. The van der Waals surface area contributed by atoms with Gasteiger partial charge in [-0.3, -0.25) is 4.79 Å². The van der Waals surface area contributed by atoms with Crippen molar-refractivity contribution in [2.45, 2.75) is 19.4 Å². The fraction of sp³-hybridized carbons (Fsp3) is 0.190. The van der Waals surface area contributed by atoms with E-state index in [4.69, 9.17) is 4.42 Å². The maximum absolute atomic E-state index is 13.9. The molecule has 148 valence electrons. The Morgan fingerprint density at radius 3 is 2.66 bits per heavy atom. The highest BCUT2D eigenvalue weighted by Crippen LogP contribution is 2.26. The van der Waals surface area contributed by atoms with Crippen LogP contribution in [0.2, 0.25) is 0 Å². The lowest BCUT2D eigenvalue weighted by molar-refractivity contribution is -0.130. The molecule has 0 saturated carbocycles. The van der Waals surface area contributed by atoms with Crippen LogP contribution in [0.1, 0.15) is 18.1 Å². The van der Waals surface area contributed by atoms with E-state index in [1.165, 1.54) is 12.3 Å². The summed E-state index contributed by atoms with van der Waals surface area (Å²) in [4.78, 5) is 25.6. The Hall–Kier alpha value is -3.55. The molecule has 0 unspecified atom stereocenters. The fourth-order valence-corrected chi connectivity index (χ4v) is 3.07. The highest BCUT2D eigenvalue weighted by Gasteiger charge is 2.17. The van der Waals surface area contributed by atoms with E-state index in [0.29, 0.717) is 12.4 Å². The normalized spacial score (nSPS) is 11.1. The first-order chi connectivity index (χ1) is 14.0. The number of para-hydroxylation sites is 2. The second-order valence-electron chi connectivity index (χ2n) is 6.67. The Kier molecular flexibility index (Phi) is 5.07. The van der Waals surface area contributed by atoms with Crippen LogP contribution in [0.3, 0.4) is 0 Å². The third kappa shape index (κ3) is 4.01. The number of hydrogen-bond donors (Lipinski definition) is 1. The Balaban J connectivity index is 1.37. The van der Waals surface area contributed by atoms with Gasteiger partial charge in [-0.1, -0.05) is 18.2 Å². The number of carbonyl (C=O) groups excluding carboxylic acids is 1. The molecule has 2 heterocycles. The Morgan fingerprint density at radius 1 is 1.14 bits per heavy atom. The standard InChI is InChI=1S/C21H18F2N4O2/c1-27(12-18-25-15-7-2-3-8-16(15)26-18)20(28)10-9-19-24-11-17(29-19)21-13(22)5-4-6-14(21)23/h2-8,11H,9-10,12H2,1H3,(H,25,26). The largest absolute Gasteiger partial charge is 0.441 e. The minimum atomic E-state index is -0.727. The molecule has 2 aromatic carbocycles. The number of nitrogens with one attached hydrogen (secondary N) is 1. The number of aryl methyl sites for hydroxylation is 1. The monoisotopic (exact) mass is 396 g/mol. The summed E-state index contributed by atoms with van der Waals surface area (Å²) in [5.41, 5.74) is 1.49. The maximum Gasteiger partial charge on any atom is 0.223 e. The molecular formula is C21H18F2N4O2. The Labute approximate surface area is 165 Å². The van der Waals surface area contributed by atoms with Crippen molar-refractivity contribution < 1.29 is 18.0 Å². The SMILES string of the molecule is CN(Cc1nc2ccccc2[nH]1)C(=O)CCc1ncc(-c2c(F)cccc2F)o1. The van der Waals surface area contributed by atoms with E-state index in [-0.39, 0.29) is 36.0 Å². The maximum atomic E-state index is 13.9. The van der Waals surface area contributed by atoms with E-state index in [0.717, 1.165) is 23.2 Å². The number of benzene rings is 2. The van der Waals surface area contributed by atoms with Crippen molar-refractivity contribution in [3.8, 4) is 11.3 Å². The van der Waals surface area contributed by atoms with Gasteiger partial charge >= 0.3 is 0 Å². The van der Waals surface area contributed by atoms with Gasteiger partial charge in [0.05, 0.1) is 29.3 Å². The molecule has 4 aromatic rings. The third-order valence-corrected chi connectivity index (χ3v) is 4.57. The first-order valence-electron chi connectivity index (χ1n) is 9.08. The molecule has 6 nitrogen and oxygen atoms in total. The molecule has 0 fully saturated rings. The van der Waals surface area contributed by atoms with Gasteiger partial charge in [-0.05, 0) is 24.3 Å². The molecule has 29 heavy (non-hydrogen) atoms. The molecule has 0 bridgehead atoms. The van der Waals surface area contributed by atoms with E-state index < -0.39 is 11.6 Å². The Morgan fingerprint density at radius 2 is 1.90 bits per heavy atom. The van der Waals surface area contributed by atoms with E-state index in [1.54, 1.807) is 11.9 Å². The number of aromatic nitrogens is 3. The topological polar surface area (TPSA) is 75.0 Å². The molecule has 1 N–H and O–H groups in total. The average molecular weight is 396 g/mol. The number of aromatic amines is 1. The smallest absolute Gasteiger partial charge is 0.223 e. The van der Waals surface area contributed by atoms with Crippen LogP contribution in [-0.2, 0) is 17.8 Å². The summed E-state index contributed by atoms with van der Waals surface area (Å²) in [6.07, 6.45) is 1.63. The zero-order valence-electron chi connectivity index (χ0n) is 15.7. The predicted octanol–water partition coefficient (Wildman–Crippen LogP) is 4.09. The zero-order chi connectivity index (χ0) is 20.4. The van der Waals surface area contributed by atoms with Gasteiger partial charge in [-0.15, -0.1) is 0 Å². The summed E-state index contributed by atoms with van der Waals surface area (Å²) in [6, 6.07) is 11.2. The molecular weight excluding hydrogens is 378 g/mol. The molecule has 0 aliphatic carbocycles. The molecule has 0 aliphatic heterocycles. The van der Waals surface area contributed by atoms with Crippen LogP contribution in [0, 0.1) is 11.6 Å². The van der Waals surface area contributed by atoms with Crippen LogP contribution in [0.5, 0.6) is 0 Å². The summed E-state index contributed by atoms with van der Waals surface area (Å²) < 4.78 is 33.1. The quantitative estimate of drug-likeness (QED) is 0.533. The van der Waals surface area contributed by atoms with Crippen molar-refractivity contribution in [3.05, 3.63) is 72.0 Å². The van der Waals surface area contributed by atoms with E-state index in [9.17, 15) is 13.6 Å². The lowest BCUT2D eigenvalue weighted by Crippen LogP contribution is -2.26. The molecule has 1 amide bonds. The van der Waals surface area contributed by atoms with Gasteiger partial charge in [0, 0.05) is 19.9 Å². The van der Waals surface area contributed by atoms with E-state index >= 15 is 0 Å². The Bertz CT molecular complexity index is 1120. The van der Waals surface area contributed by atoms with Gasteiger partial charge < -0.3 is 14.3 Å². The first-order valence-corrected chi connectivity index (χ1v) is 9.08. The van der Waals surface area contributed by atoms with Gasteiger partial charge in [-0.2, -0.15) is 0 Å². The van der Waals surface area contributed by atoms with Gasteiger partial charge in [0.2, 0.25) is 5.91 Å². The number of rotatable bonds is 6. The summed E-state index contributed by atoms with van der Waals surface area (Å²) >= 11 is 0. The van der Waals surface area contributed by atoms with Crippen molar-refractivity contribution in [1.29, 1.82) is 0 Å². The number of H-pyrrole nitrogens is 1. The van der Waals surface area contributed by atoms with Gasteiger partial charge in [0.15, 0.2) is 11.7 Å². The van der Waals surface area contributed by atoms with Crippen LogP contribution < -0.4 is 0 Å². The molecule has 0 spiro atoms. The fourth-order valence-electron chi connectivity index (χ4n) is 3.07. The van der Waals surface area contributed by atoms with Crippen LogP contribution in [0.4, 0.5) is 8.78 Å². The van der Waals surface area contributed by atoms with Crippen molar-refractivity contribution in [1.82, 2.24) is 19.9 Å². The molecule has 0 aliphatic rings. The van der Waals surface area contributed by atoms with Gasteiger partial charge in [0.1, 0.15) is 17.5 Å². The molecule has 8 heteroatoms. The number of carbonyl (C=O) groups is 1. The predicted molar refractivity (Wildman–Crippen MR) is 103 cm³/mol. The van der Waals surface area contributed by atoms with Crippen LogP contribution in [0.15, 0.2) is 53.1 Å². The number of amides is 1. The van der Waals surface area contributed by atoms with Gasteiger partial charge in [-0.25, -0.2) is 18.7 Å². The molecule has 0 saturated heterocycles. The second kappa shape index (κ2) is 7.83. The van der Waals surface area contributed by atoms with Crippen molar-refractivity contribution in [2.75, 3.05) is 7.05 Å². The summed E-state index contributed by atoms with van der Waals surface area (Å²) in [5.74, 6) is -0.645. The number of oxazole rings is 1. The van der Waals surface area contributed by atoms with Crippen molar-refractivity contribution >= 4 is 16.9 Å². The van der Waals surface area contributed by atoms with Crippen molar-refractivity contribution in [2.24, 2.45) is 0 Å². The summed E-state index contributed by atoms with van der Waals surface area (Å²) in [5, 5.41) is 0. The average Bonchev–Trinajstić information content (AvgIpc) is 3.32. The molecule has 0 radical (unpaired) electrons. The number of halogens is 2. The van der Waals surface area contributed by atoms with E-state index in [1.807, 2.05) is 24.3 Å². The second-order valence-corrected chi connectivity index (χ2v) is 6.67. The lowest BCUT2D eigenvalue weighted by Gasteiger charge is -2.15. The highest BCUT2D eigenvalue weighted by molar-refractivity contribution is 5.77. The van der Waals surface area contributed by atoms with Gasteiger partial charge in [0.25, 0.3) is 0 Å². The van der Waals surface area contributed by atoms with Crippen LogP contribution in [0.25, 0.3) is 22.4 Å². The molecule has 4 rings (SSSR count). The number of imidazole rings is 1. The highest BCUT2D eigenvalue weighted by atomic mass is 19.1. The minimum absolute atomic E-state index is 0.00122. The van der Waals surface area contributed by atoms with Crippen LogP contribution >= 0.6 is 0 Å². The van der Waals surface area contributed by atoms with E-state index in [2.05, 4.69) is 15.0 Å². The molecule has 0 atom stereocenters. The first kappa shape index (κ1) is 18.8. The molecule has 2 aromatic heterocycles. The zero-order valence-corrected chi connectivity index (χ0v) is 15.7. The third-order valence-electron chi connectivity index (χ3n) is 4.57. The van der Waals surface area contributed by atoms with Crippen molar-refractivity contribution in [3.63, 3.8) is 0 Å².